The lowest BCUT2D eigenvalue weighted by Crippen LogP contribution is -2.22. The van der Waals surface area contributed by atoms with E-state index < -0.39 is 0 Å². The Labute approximate surface area is 175 Å². The van der Waals surface area contributed by atoms with Crippen molar-refractivity contribution in [3.63, 3.8) is 0 Å². The number of hydrogen-bond acceptors (Lipinski definition) is 1. The maximum Gasteiger partial charge on any atom is 0.139 e. The summed E-state index contributed by atoms with van der Waals surface area (Å²) in [6.07, 6.45) is 11.3. The zero-order valence-corrected chi connectivity index (χ0v) is 17.6. The number of halogens is 1. The van der Waals surface area contributed by atoms with Gasteiger partial charge in [-0.2, -0.15) is 0 Å². The Bertz CT molecular complexity index is 862. The number of ether oxygens (including phenoxy) is 1. The molecule has 0 radical (unpaired) electrons. The molecule has 0 unspecified atom stereocenters. The van der Waals surface area contributed by atoms with Gasteiger partial charge < -0.3 is 4.74 Å². The van der Waals surface area contributed by atoms with Crippen molar-refractivity contribution in [1.29, 1.82) is 0 Å². The molecule has 1 nitrogen and oxygen atoms in total. The lowest BCUT2D eigenvalue weighted by Gasteiger charge is -2.28. The van der Waals surface area contributed by atoms with E-state index >= 15 is 0 Å². The Kier molecular flexibility index (Phi) is 8.08. The van der Waals surface area contributed by atoms with Crippen molar-refractivity contribution < 1.29 is 9.13 Å². The average Bonchev–Trinajstić information content (AvgIpc) is 2.74. The average molecular weight is 391 g/mol. The lowest BCUT2D eigenvalue weighted by molar-refractivity contribution is 0.0336. The van der Waals surface area contributed by atoms with Crippen LogP contribution in [0.3, 0.4) is 0 Å². The van der Waals surface area contributed by atoms with Gasteiger partial charge in [-0.15, -0.1) is 0 Å². The SMILES string of the molecule is C/C=C/COC1CCC(CCc2ccc(C#Cc3ccc(C)cc3)c(F)c2)CC1. The van der Waals surface area contributed by atoms with Crippen molar-refractivity contribution in [3.05, 3.63) is 82.7 Å². The van der Waals surface area contributed by atoms with Crippen LogP contribution in [0.5, 0.6) is 0 Å². The third-order valence-electron chi connectivity index (χ3n) is 5.73. The molecular weight excluding hydrogens is 359 g/mol. The molecule has 0 spiro atoms. The van der Waals surface area contributed by atoms with Crippen molar-refractivity contribution >= 4 is 0 Å². The first-order valence-corrected chi connectivity index (χ1v) is 10.7. The van der Waals surface area contributed by atoms with Gasteiger partial charge in [0.15, 0.2) is 0 Å². The summed E-state index contributed by atoms with van der Waals surface area (Å²) in [5.74, 6) is 6.52. The highest BCUT2D eigenvalue weighted by atomic mass is 19.1. The minimum absolute atomic E-state index is 0.219. The molecule has 0 bridgehead atoms. The normalized spacial score (nSPS) is 19.1. The minimum atomic E-state index is -0.219. The van der Waals surface area contributed by atoms with Gasteiger partial charge in [-0.25, -0.2) is 4.39 Å². The Morgan fingerprint density at radius 1 is 1.03 bits per heavy atom. The molecule has 0 N–H and O–H groups in total. The van der Waals surface area contributed by atoms with E-state index in [-0.39, 0.29) is 5.82 Å². The van der Waals surface area contributed by atoms with Crippen LogP contribution in [0.4, 0.5) is 4.39 Å². The van der Waals surface area contributed by atoms with E-state index in [1.165, 1.54) is 18.4 Å². The second kappa shape index (κ2) is 11.0. The predicted molar refractivity (Wildman–Crippen MR) is 118 cm³/mol. The van der Waals surface area contributed by atoms with E-state index in [0.29, 0.717) is 11.7 Å². The molecular formula is C27H31FO. The molecule has 1 fully saturated rings. The number of rotatable bonds is 6. The molecule has 29 heavy (non-hydrogen) atoms. The Morgan fingerprint density at radius 2 is 1.79 bits per heavy atom. The molecule has 1 aliphatic carbocycles. The molecule has 2 heteroatoms. The molecule has 0 atom stereocenters. The highest BCUT2D eigenvalue weighted by Crippen LogP contribution is 2.29. The Balaban J connectivity index is 1.48. The molecule has 1 saturated carbocycles. The van der Waals surface area contributed by atoms with E-state index in [1.807, 2.05) is 56.3 Å². The lowest BCUT2D eigenvalue weighted by atomic mass is 9.83. The monoisotopic (exact) mass is 390 g/mol. The Morgan fingerprint density at radius 3 is 2.48 bits per heavy atom. The van der Waals surface area contributed by atoms with E-state index in [1.54, 1.807) is 6.07 Å². The molecule has 0 heterocycles. The molecule has 0 aliphatic heterocycles. The van der Waals surface area contributed by atoms with Crippen LogP contribution in [0, 0.1) is 30.5 Å². The molecule has 1 aliphatic rings. The summed E-state index contributed by atoms with van der Waals surface area (Å²) in [7, 11) is 0. The van der Waals surface area contributed by atoms with Crippen molar-refractivity contribution in [2.24, 2.45) is 5.92 Å². The van der Waals surface area contributed by atoms with E-state index in [2.05, 4.69) is 17.9 Å². The zero-order chi connectivity index (χ0) is 20.5. The summed E-state index contributed by atoms with van der Waals surface area (Å²) in [4.78, 5) is 0. The second-order valence-corrected chi connectivity index (χ2v) is 8.01. The quantitative estimate of drug-likeness (QED) is 0.398. The van der Waals surface area contributed by atoms with Gasteiger partial charge in [0, 0.05) is 5.56 Å². The van der Waals surface area contributed by atoms with Gasteiger partial charge in [0.25, 0.3) is 0 Å². The summed E-state index contributed by atoms with van der Waals surface area (Å²) in [6.45, 7) is 4.79. The van der Waals surface area contributed by atoms with Crippen LogP contribution >= 0.6 is 0 Å². The largest absolute Gasteiger partial charge is 0.374 e. The number of allylic oxidation sites excluding steroid dienone is 1. The van der Waals surface area contributed by atoms with Gasteiger partial charge >= 0.3 is 0 Å². The van der Waals surface area contributed by atoms with Crippen LogP contribution in [0.1, 0.15) is 61.3 Å². The van der Waals surface area contributed by atoms with Crippen molar-refractivity contribution in [3.8, 4) is 11.8 Å². The Hall–Kier alpha value is -2.37. The number of benzene rings is 2. The van der Waals surface area contributed by atoms with Gasteiger partial charge in [-0.05, 0) is 88.1 Å². The summed E-state index contributed by atoms with van der Waals surface area (Å²) in [6, 6.07) is 13.5. The van der Waals surface area contributed by atoms with Crippen LogP contribution in [0.2, 0.25) is 0 Å². The zero-order valence-electron chi connectivity index (χ0n) is 17.6. The molecule has 3 rings (SSSR count). The second-order valence-electron chi connectivity index (χ2n) is 8.01. The first-order valence-electron chi connectivity index (χ1n) is 10.7. The van der Waals surface area contributed by atoms with Crippen LogP contribution in [0.25, 0.3) is 0 Å². The molecule has 0 amide bonds. The maximum absolute atomic E-state index is 14.5. The van der Waals surface area contributed by atoms with Gasteiger partial charge in [-0.3, -0.25) is 0 Å². The smallest absolute Gasteiger partial charge is 0.139 e. The highest BCUT2D eigenvalue weighted by Gasteiger charge is 2.21. The van der Waals surface area contributed by atoms with Crippen LogP contribution in [0.15, 0.2) is 54.6 Å². The third kappa shape index (κ3) is 6.87. The molecule has 0 saturated heterocycles. The number of aryl methyl sites for hydroxylation is 2. The fourth-order valence-electron chi connectivity index (χ4n) is 3.84. The van der Waals surface area contributed by atoms with E-state index in [4.69, 9.17) is 4.74 Å². The number of hydrogen-bond donors (Lipinski definition) is 0. The fourth-order valence-corrected chi connectivity index (χ4v) is 3.84. The summed E-state index contributed by atoms with van der Waals surface area (Å²) in [5.41, 5.74) is 3.63. The fraction of sp³-hybridized carbons (Fsp3) is 0.407. The van der Waals surface area contributed by atoms with E-state index in [9.17, 15) is 4.39 Å². The van der Waals surface area contributed by atoms with Gasteiger partial charge in [0.05, 0.1) is 18.3 Å². The summed E-state index contributed by atoms with van der Waals surface area (Å²) < 4.78 is 20.3. The topological polar surface area (TPSA) is 9.23 Å². The maximum atomic E-state index is 14.5. The summed E-state index contributed by atoms with van der Waals surface area (Å²) in [5, 5.41) is 0. The predicted octanol–water partition coefficient (Wildman–Crippen LogP) is 6.62. The molecule has 2 aromatic carbocycles. The third-order valence-corrected chi connectivity index (χ3v) is 5.73. The minimum Gasteiger partial charge on any atom is -0.374 e. The first-order chi connectivity index (χ1) is 14.1. The van der Waals surface area contributed by atoms with Gasteiger partial charge in [0.2, 0.25) is 0 Å². The highest BCUT2D eigenvalue weighted by molar-refractivity contribution is 5.44. The van der Waals surface area contributed by atoms with Gasteiger partial charge in [0.1, 0.15) is 5.82 Å². The van der Waals surface area contributed by atoms with Crippen LogP contribution in [-0.2, 0) is 11.2 Å². The summed E-state index contributed by atoms with van der Waals surface area (Å²) >= 11 is 0. The van der Waals surface area contributed by atoms with Crippen molar-refractivity contribution in [2.45, 2.75) is 58.5 Å². The standard InChI is InChI=1S/C27H31FO/c1-3-4-19-29-26-17-13-23(14-18-26)9-10-24-12-16-25(27(28)20-24)15-11-22-7-5-21(2)6-8-22/h3-8,12,16,20,23,26H,9-10,13-14,17-19H2,1-2H3/b4-3+. The molecule has 2 aromatic rings. The van der Waals surface area contributed by atoms with Crippen molar-refractivity contribution in [1.82, 2.24) is 0 Å². The molecule has 0 aromatic heterocycles. The van der Waals surface area contributed by atoms with Crippen LogP contribution < -0.4 is 0 Å². The van der Waals surface area contributed by atoms with Crippen molar-refractivity contribution in [2.75, 3.05) is 6.61 Å². The van der Waals surface area contributed by atoms with E-state index in [0.717, 1.165) is 49.3 Å². The first kappa shape index (κ1) is 21.3. The molecule has 152 valence electrons. The van der Waals surface area contributed by atoms with Crippen LogP contribution in [-0.4, -0.2) is 12.7 Å². The van der Waals surface area contributed by atoms with Gasteiger partial charge in [-0.1, -0.05) is 47.8 Å².